The van der Waals surface area contributed by atoms with Crippen LogP contribution >= 0.6 is 11.3 Å². The van der Waals surface area contributed by atoms with E-state index in [1.54, 1.807) is 7.11 Å². The minimum absolute atomic E-state index is 0.154. The largest absolute Gasteiger partial charge is 0.473 e. The molecule has 14 heavy (non-hydrogen) atoms. The number of aromatic nitrogens is 1. The molecule has 0 spiro atoms. The Bertz CT molecular complexity index is 297. The summed E-state index contributed by atoms with van der Waals surface area (Å²) in [6, 6.07) is 0.154. The second kappa shape index (κ2) is 4.25. The molecule has 0 radical (unpaired) electrons. The average Bonchev–Trinajstić information content (AvgIpc) is 2.88. The predicted octanol–water partition coefficient (Wildman–Crippen LogP) is 0.937. The zero-order valence-corrected chi connectivity index (χ0v) is 8.88. The Labute approximate surface area is 86.9 Å². The molecule has 5 heteroatoms. The Balaban J connectivity index is 2.05. The highest BCUT2D eigenvalue weighted by Crippen LogP contribution is 2.26. The fraction of sp³-hybridized carbons (Fsp3) is 0.667. The normalized spacial score (nSPS) is 23.7. The van der Waals surface area contributed by atoms with Crippen LogP contribution in [0.4, 0.5) is 0 Å². The summed E-state index contributed by atoms with van der Waals surface area (Å²) in [4.78, 5) is 4.18. The smallest absolute Gasteiger partial charge is 0.273 e. The lowest BCUT2D eigenvalue weighted by molar-refractivity contribution is 0.133. The summed E-state index contributed by atoms with van der Waals surface area (Å²) in [5.41, 5.74) is 0.714. The summed E-state index contributed by atoms with van der Waals surface area (Å²) < 4.78 is 4.98. The van der Waals surface area contributed by atoms with Gasteiger partial charge in [0.2, 0.25) is 0 Å². The van der Waals surface area contributed by atoms with E-state index in [0.717, 1.165) is 19.4 Å². The lowest BCUT2D eigenvalue weighted by Crippen LogP contribution is -2.28. The monoisotopic (exact) mass is 214 g/mol. The third kappa shape index (κ3) is 1.89. The maximum absolute atomic E-state index is 9.96. The van der Waals surface area contributed by atoms with E-state index in [1.807, 2.05) is 5.38 Å². The molecule has 0 aliphatic carbocycles. The van der Waals surface area contributed by atoms with E-state index in [-0.39, 0.29) is 6.04 Å². The Morgan fingerprint density at radius 3 is 3.21 bits per heavy atom. The van der Waals surface area contributed by atoms with E-state index in [9.17, 15) is 5.11 Å². The van der Waals surface area contributed by atoms with Gasteiger partial charge in [-0.05, 0) is 19.4 Å². The van der Waals surface area contributed by atoms with Crippen molar-refractivity contribution in [2.75, 3.05) is 13.7 Å². The average molecular weight is 214 g/mol. The van der Waals surface area contributed by atoms with Gasteiger partial charge in [-0.15, -0.1) is 0 Å². The number of rotatable bonds is 3. The molecule has 0 aromatic carbocycles. The van der Waals surface area contributed by atoms with Gasteiger partial charge in [0.15, 0.2) is 0 Å². The molecule has 0 saturated carbocycles. The number of aliphatic hydroxyl groups excluding tert-OH is 1. The van der Waals surface area contributed by atoms with Crippen molar-refractivity contribution in [3.63, 3.8) is 0 Å². The molecule has 1 aliphatic rings. The van der Waals surface area contributed by atoms with Gasteiger partial charge >= 0.3 is 0 Å². The summed E-state index contributed by atoms with van der Waals surface area (Å²) >= 11 is 1.42. The molecule has 0 amide bonds. The van der Waals surface area contributed by atoms with E-state index in [1.165, 1.54) is 11.3 Å². The van der Waals surface area contributed by atoms with Crippen molar-refractivity contribution in [2.45, 2.75) is 25.0 Å². The Morgan fingerprint density at radius 2 is 2.64 bits per heavy atom. The molecule has 1 aromatic rings. The molecular formula is C9H14N2O2S. The van der Waals surface area contributed by atoms with Gasteiger partial charge in [0.05, 0.1) is 12.8 Å². The predicted molar refractivity (Wildman–Crippen MR) is 54.7 cm³/mol. The molecule has 2 N–H and O–H groups in total. The van der Waals surface area contributed by atoms with Gasteiger partial charge in [-0.1, -0.05) is 11.3 Å². The minimum Gasteiger partial charge on any atom is -0.473 e. The van der Waals surface area contributed by atoms with E-state index in [4.69, 9.17) is 4.74 Å². The lowest BCUT2D eigenvalue weighted by Gasteiger charge is -2.15. The minimum atomic E-state index is -0.502. The lowest BCUT2D eigenvalue weighted by atomic mass is 10.1. The van der Waals surface area contributed by atoms with Crippen molar-refractivity contribution in [1.29, 1.82) is 0 Å². The molecule has 78 valence electrons. The summed E-state index contributed by atoms with van der Waals surface area (Å²) in [7, 11) is 1.59. The van der Waals surface area contributed by atoms with E-state index >= 15 is 0 Å². The van der Waals surface area contributed by atoms with E-state index < -0.39 is 6.10 Å². The van der Waals surface area contributed by atoms with Gasteiger partial charge in [-0.25, -0.2) is 4.98 Å². The quantitative estimate of drug-likeness (QED) is 0.786. The number of nitrogens with one attached hydrogen (secondary N) is 1. The van der Waals surface area contributed by atoms with E-state index in [2.05, 4.69) is 10.3 Å². The zero-order valence-electron chi connectivity index (χ0n) is 8.06. The SMILES string of the molecule is COc1nc(C(O)C2CCCN2)cs1. The maximum atomic E-state index is 9.96. The van der Waals surface area contributed by atoms with Crippen LogP contribution in [0.1, 0.15) is 24.6 Å². The van der Waals surface area contributed by atoms with Gasteiger partial charge in [0.1, 0.15) is 6.10 Å². The molecule has 2 atom stereocenters. The number of ether oxygens (including phenoxy) is 1. The first-order chi connectivity index (χ1) is 6.81. The van der Waals surface area contributed by atoms with Crippen molar-refractivity contribution < 1.29 is 9.84 Å². The topological polar surface area (TPSA) is 54.4 Å². The highest BCUT2D eigenvalue weighted by molar-refractivity contribution is 7.11. The first-order valence-corrected chi connectivity index (χ1v) is 5.60. The Morgan fingerprint density at radius 1 is 1.79 bits per heavy atom. The second-order valence-corrected chi connectivity index (χ2v) is 4.21. The van der Waals surface area contributed by atoms with Crippen LogP contribution in [0.3, 0.4) is 0 Å². The van der Waals surface area contributed by atoms with Crippen molar-refractivity contribution in [2.24, 2.45) is 0 Å². The summed E-state index contributed by atoms with van der Waals surface area (Å²) in [6.07, 6.45) is 1.64. The fourth-order valence-corrected chi connectivity index (χ4v) is 2.35. The fourth-order valence-electron chi connectivity index (χ4n) is 1.69. The third-order valence-corrected chi connectivity index (χ3v) is 3.28. The second-order valence-electron chi connectivity index (χ2n) is 3.39. The molecule has 4 nitrogen and oxygen atoms in total. The molecule has 1 aliphatic heterocycles. The van der Waals surface area contributed by atoms with Crippen LogP contribution in [0.15, 0.2) is 5.38 Å². The number of hydrogen-bond donors (Lipinski definition) is 2. The zero-order chi connectivity index (χ0) is 9.97. The van der Waals surface area contributed by atoms with Crippen LogP contribution in [0.25, 0.3) is 0 Å². The van der Waals surface area contributed by atoms with Crippen LogP contribution < -0.4 is 10.1 Å². The standard InChI is InChI=1S/C9H14N2O2S/c1-13-9-11-7(5-14-9)8(12)6-3-2-4-10-6/h5-6,8,10,12H,2-4H2,1H3. The van der Waals surface area contributed by atoms with Crippen molar-refractivity contribution >= 4 is 11.3 Å². The molecule has 2 heterocycles. The van der Waals surface area contributed by atoms with E-state index in [0.29, 0.717) is 10.9 Å². The number of thiazole rings is 1. The summed E-state index contributed by atoms with van der Waals surface area (Å²) in [5.74, 6) is 0. The van der Waals surface area contributed by atoms with Crippen molar-refractivity contribution in [3.8, 4) is 5.19 Å². The first-order valence-electron chi connectivity index (χ1n) is 4.72. The van der Waals surface area contributed by atoms with Crippen LogP contribution in [0, 0.1) is 0 Å². The highest BCUT2D eigenvalue weighted by atomic mass is 32.1. The van der Waals surface area contributed by atoms with Gasteiger partial charge in [0.25, 0.3) is 5.19 Å². The van der Waals surface area contributed by atoms with Crippen LogP contribution in [-0.4, -0.2) is 29.8 Å². The van der Waals surface area contributed by atoms with Crippen molar-refractivity contribution in [3.05, 3.63) is 11.1 Å². The summed E-state index contributed by atoms with van der Waals surface area (Å²) in [6.45, 7) is 0.989. The maximum Gasteiger partial charge on any atom is 0.273 e. The molecule has 2 unspecified atom stereocenters. The molecule has 1 fully saturated rings. The molecule has 0 bridgehead atoms. The summed E-state index contributed by atoms with van der Waals surface area (Å²) in [5, 5.41) is 15.7. The number of nitrogens with zero attached hydrogens (tertiary/aromatic N) is 1. The third-order valence-electron chi connectivity index (χ3n) is 2.46. The van der Waals surface area contributed by atoms with Gasteiger partial charge < -0.3 is 15.2 Å². The first kappa shape index (κ1) is 9.89. The van der Waals surface area contributed by atoms with Crippen LogP contribution in [0.2, 0.25) is 0 Å². The number of aliphatic hydroxyl groups is 1. The van der Waals surface area contributed by atoms with Crippen molar-refractivity contribution in [1.82, 2.24) is 10.3 Å². The Kier molecular flexibility index (Phi) is 3.00. The highest BCUT2D eigenvalue weighted by Gasteiger charge is 2.25. The molecule has 1 aromatic heterocycles. The van der Waals surface area contributed by atoms with Gasteiger partial charge in [0, 0.05) is 11.4 Å². The number of hydrogen-bond acceptors (Lipinski definition) is 5. The van der Waals surface area contributed by atoms with Crippen LogP contribution in [0.5, 0.6) is 5.19 Å². The van der Waals surface area contributed by atoms with Gasteiger partial charge in [-0.3, -0.25) is 0 Å². The van der Waals surface area contributed by atoms with Crippen LogP contribution in [-0.2, 0) is 0 Å². The number of methoxy groups -OCH3 is 1. The Hall–Kier alpha value is -0.650. The van der Waals surface area contributed by atoms with Gasteiger partial charge in [-0.2, -0.15) is 0 Å². The molecule has 2 rings (SSSR count). The molecule has 1 saturated heterocycles. The molecular weight excluding hydrogens is 200 g/mol.